The van der Waals surface area contributed by atoms with Gasteiger partial charge in [-0.25, -0.2) is 4.39 Å². The van der Waals surface area contributed by atoms with E-state index in [0.29, 0.717) is 22.9 Å². The number of benzene rings is 1. The molecule has 1 N–H and O–H groups in total. The summed E-state index contributed by atoms with van der Waals surface area (Å²) in [6.45, 7) is 3.78. The lowest BCUT2D eigenvalue weighted by molar-refractivity contribution is 0.145. The number of hydrogen-bond donors (Lipinski definition) is 1. The average molecular weight is 259 g/mol. The van der Waals surface area contributed by atoms with Gasteiger partial charge in [-0.2, -0.15) is 0 Å². The van der Waals surface area contributed by atoms with Gasteiger partial charge in [0, 0.05) is 5.56 Å². The molecule has 0 amide bonds. The molecule has 1 aromatic carbocycles. The molecule has 1 aliphatic carbocycles. The Morgan fingerprint density at radius 3 is 2.50 bits per heavy atom. The smallest absolute Gasteiger partial charge is 0.143 e. The van der Waals surface area contributed by atoms with Crippen molar-refractivity contribution >= 4 is 15.9 Å². The average Bonchev–Trinajstić information content (AvgIpc) is 2.81. The van der Waals surface area contributed by atoms with Crippen LogP contribution in [-0.4, -0.2) is 5.11 Å². The largest absolute Gasteiger partial charge is 0.385 e. The molecule has 0 radical (unpaired) electrons. The Balaban J connectivity index is 2.68. The third-order valence-electron chi connectivity index (χ3n) is 2.93. The fourth-order valence-electron chi connectivity index (χ4n) is 1.76. The van der Waals surface area contributed by atoms with Crippen molar-refractivity contribution in [3.63, 3.8) is 0 Å². The second-order valence-electron chi connectivity index (χ2n) is 4.02. The van der Waals surface area contributed by atoms with Gasteiger partial charge in [0.25, 0.3) is 0 Å². The van der Waals surface area contributed by atoms with Gasteiger partial charge in [-0.3, -0.25) is 0 Å². The molecular weight excluding hydrogens is 247 g/mol. The van der Waals surface area contributed by atoms with E-state index in [9.17, 15) is 9.50 Å². The molecule has 1 aliphatic rings. The second kappa shape index (κ2) is 3.04. The zero-order chi connectivity index (χ0) is 10.5. The first kappa shape index (κ1) is 10.1. The van der Waals surface area contributed by atoms with Crippen LogP contribution in [0.25, 0.3) is 0 Å². The number of rotatable bonds is 1. The molecule has 0 heterocycles. The van der Waals surface area contributed by atoms with E-state index in [1.54, 1.807) is 6.07 Å². The van der Waals surface area contributed by atoms with Gasteiger partial charge in [-0.1, -0.05) is 0 Å². The summed E-state index contributed by atoms with van der Waals surface area (Å²) in [6, 6.07) is 1.75. The Morgan fingerprint density at radius 2 is 2.00 bits per heavy atom. The molecule has 2 rings (SSSR count). The van der Waals surface area contributed by atoms with Crippen molar-refractivity contribution in [2.24, 2.45) is 0 Å². The van der Waals surface area contributed by atoms with E-state index in [1.165, 1.54) is 0 Å². The molecule has 0 spiro atoms. The van der Waals surface area contributed by atoms with Crippen molar-refractivity contribution in [2.75, 3.05) is 0 Å². The fraction of sp³-hybridized carbons (Fsp3) is 0.455. The highest BCUT2D eigenvalue weighted by atomic mass is 79.9. The first-order valence-corrected chi connectivity index (χ1v) is 5.43. The summed E-state index contributed by atoms with van der Waals surface area (Å²) in [5, 5.41) is 9.95. The number of aliphatic hydroxyl groups is 1. The van der Waals surface area contributed by atoms with Crippen LogP contribution in [0, 0.1) is 19.7 Å². The van der Waals surface area contributed by atoms with Crippen LogP contribution in [0.2, 0.25) is 0 Å². The van der Waals surface area contributed by atoms with Crippen molar-refractivity contribution in [2.45, 2.75) is 32.3 Å². The van der Waals surface area contributed by atoms with Crippen molar-refractivity contribution in [1.29, 1.82) is 0 Å². The molecule has 1 aromatic rings. The SMILES string of the molecule is Cc1cc(Br)c(F)c(C2(O)CC2)c1C. The minimum absolute atomic E-state index is 0.312. The Bertz CT molecular complexity index is 371. The quantitative estimate of drug-likeness (QED) is 0.821. The molecule has 1 nitrogen and oxygen atoms in total. The number of aryl methyl sites for hydroxylation is 1. The lowest BCUT2D eigenvalue weighted by Crippen LogP contribution is -2.11. The van der Waals surface area contributed by atoms with E-state index in [4.69, 9.17) is 0 Å². The lowest BCUT2D eigenvalue weighted by atomic mass is 9.97. The predicted octanol–water partition coefficient (Wildman–Crippen LogP) is 3.19. The molecule has 1 fully saturated rings. The van der Waals surface area contributed by atoms with Gasteiger partial charge in [0.2, 0.25) is 0 Å². The molecule has 0 aromatic heterocycles. The molecular formula is C11H12BrFO. The van der Waals surface area contributed by atoms with Gasteiger partial charge < -0.3 is 5.11 Å². The molecule has 0 bridgehead atoms. The Labute approximate surface area is 91.1 Å². The molecule has 14 heavy (non-hydrogen) atoms. The lowest BCUT2D eigenvalue weighted by Gasteiger charge is -2.16. The van der Waals surface area contributed by atoms with Crippen molar-refractivity contribution in [3.05, 3.63) is 33.0 Å². The summed E-state index contributed by atoms with van der Waals surface area (Å²) in [4.78, 5) is 0. The van der Waals surface area contributed by atoms with Gasteiger partial charge in [-0.15, -0.1) is 0 Å². The van der Waals surface area contributed by atoms with E-state index in [2.05, 4.69) is 15.9 Å². The first-order chi connectivity index (χ1) is 6.46. The summed E-state index contributed by atoms with van der Waals surface area (Å²) in [6.07, 6.45) is 1.33. The molecule has 0 unspecified atom stereocenters. The van der Waals surface area contributed by atoms with Gasteiger partial charge in [0.05, 0.1) is 10.1 Å². The zero-order valence-corrected chi connectivity index (χ0v) is 9.78. The first-order valence-electron chi connectivity index (χ1n) is 4.64. The van der Waals surface area contributed by atoms with Crippen LogP contribution in [0.15, 0.2) is 10.5 Å². The van der Waals surface area contributed by atoms with Gasteiger partial charge >= 0.3 is 0 Å². The van der Waals surface area contributed by atoms with Gasteiger partial charge in [0.1, 0.15) is 5.82 Å². The predicted molar refractivity (Wildman–Crippen MR) is 56.7 cm³/mol. The van der Waals surface area contributed by atoms with Crippen molar-refractivity contribution < 1.29 is 9.50 Å². The van der Waals surface area contributed by atoms with E-state index in [1.807, 2.05) is 13.8 Å². The highest BCUT2D eigenvalue weighted by molar-refractivity contribution is 9.10. The highest BCUT2D eigenvalue weighted by Crippen LogP contribution is 2.49. The maximum Gasteiger partial charge on any atom is 0.143 e. The molecule has 3 heteroatoms. The maximum atomic E-state index is 13.8. The summed E-state index contributed by atoms with van der Waals surface area (Å²) < 4.78 is 14.2. The minimum Gasteiger partial charge on any atom is -0.385 e. The third-order valence-corrected chi connectivity index (χ3v) is 3.50. The van der Waals surface area contributed by atoms with Crippen LogP contribution in [0.4, 0.5) is 4.39 Å². The molecule has 0 saturated heterocycles. The molecule has 1 saturated carbocycles. The second-order valence-corrected chi connectivity index (χ2v) is 4.88. The van der Waals surface area contributed by atoms with Crippen molar-refractivity contribution in [3.8, 4) is 0 Å². The highest BCUT2D eigenvalue weighted by Gasteiger charge is 2.45. The maximum absolute atomic E-state index is 13.8. The van der Waals surface area contributed by atoms with Gasteiger partial charge in [-0.05, 0) is 59.8 Å². The summed E-state index contributed by atoms with van der Waals surface area (Å²) >= 11 is 3.17. The van der Waals surface area contributed by atoms with E-state index < -0.39 is 5.60 Å². The van der Waals surface area contributed by atoms with E-state index >= 15 is 0 Å². The monoisotopic (exact) mass is 258 g/mol. The van der Waals surface area contributed by atoms with Crippen LogP contribution in [0.3, 0.4) is 0 Å². The van der Waals surface area contributed by atoms with E-state index in [-0.39, 0.29) is 5.82 Å². The molecule has 0 aliphatic heterocycles. The van der Waals surface area contributed by atoms with Crippen LogP contribution >= 0.6 is 15.9 Å². The summed E-state index contributed by atoms with van der Waals surface area (Å²) in [7, 11) is 0. The third kappa shape index (κ3) is 1.39. The number of hydrogen-bond acceptors (Lipinski definition) is 1. The zero-order valence-electron chi connectivity index (χ0n) is 8.19. The summed E-state index contributed by atoms with van der Waals surface area (Å²) in [5.74, 6) is -0.312. The Kier molecular flexibility index (Phi) is 2.20. The van der Waals surface area contributed by atoms with E-state index in [0.717, 1.165) is 11.1 Å². The van der Waals surface area contributed by atoms with Crippen LogP contribution < -0.4 is 0 Å². The fourth-order valence-corrected chi connectivity index (χ4v) is 2.31. The number of halogens is 2. The Morgan fingerprint density at radius 1 is 1.43 bits per heavy atom. The topological polar surface area (TPSA) is 20.2 Å². The van der Waals surface area contributed by atoms with Gasteiger partial charge in [0.15, 0.2) is 0 Å². The Hall–Kier alpha value is -0.410. The normalized spacial score (nSPS) is 18.4. The van der Waals surface area contributed by atoms with Crippen molar-refractivity contribution in [1.82, 2.24) is 0 Å². The van der Waals surface area contributed by atoms with Crippen LogP contribution in [0.1, 0.15) is 29.5 Å². The minimum atomic E-state index is -0.900. The standard InChI is InChI=1S/C11H12BrFO/c1-6-5-8(12)10(13)9(7(6)2)11(14)3-4-11/h5,14H,3-4H2,1-2H3. The molecule has 0 atom stereocenters. The van der Waals surface area contributed by atoms with Crippen LogP contribution in [-0.2, 0) is 5.60 Å². The molecule has 76 valence electrons. The van der Waals surface area contributed by atoms with Crippen LogP contribution in [0.5, 0.6) is 0 Å². The summed E-state index contributed by atoms with van der Waals surface area (Å²) in [5.41, 5.74) is 1.45.